The molecule has 0 amide bonds. The van der Waals surface area contributed by atoms with E-state index in [2.05, 4.69) is 13.8 Å². The molecule has 3 nitrogen and oxygen atoms in total. The Hall–Kier alpha value is -1.51. The van der Waals surface area contributed by atoms with E-state index in [1.807, 2.05) is 19.3 Å². The fraction of sp³-hybridized carbons (Fsp3) is 0.650. The van der Waals surface area contributed by atoms with Crippen molar-refractivity contribution in [3.63, 3.8) is 0 Å². The second-order valence-electron chi connectivity index (χ2n) is 7.94. The van der Waals surface area contributed by atoms with Gasteiger partial charge in [-0.3, -0.25) is 4.79 Å². The number of aryl methyl sites for hydroxylation is 1. The SMILES string of the molecule is C[C@@H]1CCC2=C(CCC[C@@]2(C)C(=O)O)[C@@]1(C)CCc1ccoc1. The molecule has 0 bridgehead atoms. The number of hydrogen-bond acceptors (Lipinski definition) is 2. The summed E-state index contributed by atoms with van der Waals surface area (Å²) in [6, 6.07) is 2.04. The van der Waals surface area contributed by atoms with Gasteiger partial charge in [-0.15, -0.1) is 0 Å². The summed E-state index contributed by atoms with van der Waals surface area (Å²) < 4.78 is 5.20. The van der Waals surface area contributed by atoms with Crippen LogP contribution < -0.4 is 0 Å². The first kappa shape index (κ1) is 16.4. The van der Waals surface area contributed by atoms with Crippen molar-refractivity contribution < 1.29 is 14.3 Å². The van der Waals surface area contributed by atoms with Crippen molar-refractivity contribution in [2.24, 2.45) is 16.7 Å². The van der Waals surface area contributed by atoms with Gasteiger partial charge in [0.05, 0.1) is 17.9 Å². The number of carboxylic acids is 1. The van der Waals surface area contributed by atoms with Crippen molar-refractivity contribution in [2.45, 2.75) is 65.7 Å². The molecule has 1 aromatic heterocycles. The smallest absolute Gasteiger partial charge is 0.313 e. The zero-order chi connectivity index (χ0) is 16.7. The summed E-state index contributed by atoms with van der Waals surface area (Å²) in [4.78, 5) is 11.9. The highest BCUT2D eigenvalue weighted by Crippen LogP contribution is 2.56. The topological polar surface area (TPSA) is 50.4 Å². The lowest BCUT2D eigenvalue weighted by atomic mass is 9.55. The van der Waals surface area contributed by atoms with Gasteiger partial charge >= 0.3 is 5.97 Å². The normalized spacial score (nSPS) is 34.3. The summed E-state index contributed by atoms with van der Waals surface area (Å²) in [6.07, 6.45) is 10.5. The molecule has 126 valence electrons. The van der Waals surface area contributed by atoms with E-state index in [0.29, 0.717) is 5.92 Å². The number of furan rings is 1. The molecule has 0 unspecified atom stereocenters. The Balaban J connectivity index is 1.95. The summed E-state index contributed by atoms with van der Waals surface area (Å²) in [5.74, 6) is -0.0410. The number of allylic oxidation sites excluding steroid dienone is 1. The van der Waals surface area contributed by atoms with E-state index in [9.17, 15) is 9.90 Å². The summed E-state index contributed by atoms with van der Waals surface area (Å²) in [5, 5.41) is 9.81. The minimum atomic E-state index is -0.648. The molecular weight excluding hydrogens is 288 g/mol. The van der Waals surface area contributed by atoms with Crippen LogP contribution in [0.4, 0.5) is 0 Å². The van der Waals surface area contributed by atoms with Crippen LogP contribution in [0.3, 0.4) is 0 Å². The zero-order valence-electron chi connectivity index (χ0n) is 14.5. The van der Waals surface area contributed by atoms with E-state index >= 15 is 0 Å². The predicted octanol–water partition coefficient (Wildman–Crippen LogP) is 5.22. The second kappa shape index (κ2) is 5.85. The van der Waals surface area contributed by atoms with Crippen molar-refractivity contribution in [3.05, 3.63) is 35.3 Å². The molecular formula is C20H28O3. The summed E-state index contributed by atoms with van der Waals surface area (Å²) in [6.45, 7) is 6.64. The lowest BCUT2D eigenvalue weighted by molar-refractivity contribution is -0.146. The van der Waals surface area contributed by atoms with Crippen molar-refractivity contribution in [3.8, 4) is 0 Å². The monoisotopic (exact) mass is 316 g/mol. The third-order valence-corrected chi connectivity index (χ3v) is 6.72. The Morgan fingerprint density at radius 2 is 2.13 bits per heavy atom. The first-order valence-electron chi connectivity index (χ1n) is 8.85. The Bertz CT molecular complexity index is 613. The largest absolute Gasteiger partial charge is 0.481 e. The molecule has 1 N–H and O–H groups in total. The molecule has 0 aromatic carbocycles. The molecule has 3 atom stereocenters. The third kappa shape index (κ3) is 2.64. The van der Waals surface area contributed by atoms with Crippen LogP contribution in [0.25, 0.3) is 0 Å². The minimum absolute atomic E-state index is 0.113. The maximum Gasteiger partial charge on any atom is 0.313 e. The fourth-order valence-corrected chi connectivity index (χ4v) is 4.76. The van der Waals surface area contributed by atoms with Crippen LogP contribution >= 0.6 is 0 Å². The first-order chi connectivity index (χ1) is 10.9. The third-order valence-electron chi connectivity index (χ3n) is 6.72. The van der Waals surface area contributed by atoms with Gasteiger partial charge in [-0.1, -0.05) is 25.0 Å². The number of hydrogen-bond donors (Lipinski definition) is 1. The maximum absolute atomic E-state index is 11.9. The van der Waals surface area contributed by atoms with Crippen LogP contribution in [0.15, 0.2) is 34.2 Å². The Kier molecular flexibility index (Phi) is 4.16. The van der Waals surface area contributed by atoms with Crippen LogP contribution in [0, 0.1) is 16.7 Å². The van der Waals surface area contributed by atoms with E-state index in [-0.39, 0.29) is 5.41 Å². The molecule has 0 saturated carbocycles. The lowest BCUT2D eigenvalue weighted by Gasteiger charge is -2.49. The molecule has 0 radical (unpaired) electrons. The summed E-state index contributed by atoms with van der Waals surface area (Å²) in [5.41, 5.74) is 3.40. The Morgan fingerprint density at radius 3 is 2.78 bits per heavy atom. The molecule has 0 saturated heterocycles. The Labute approximate surface area is 138 Å². The molecule has 1 aromatic rings. The van der Waals surface area contributed by atoms with Gasteiger partial charge in [0.1, 0.15) is 0 Å². The first-order valence-corrected chi connectivity index (χ1v) is 8.85. The molecule has 23 heavy (non-hydrogen) atoms. The highest BCUT2D eigenvalue weighted by atomic mass is 16.4. The molecule has 2 aliphatic rings. The Morgan fingerprint density at radius 1 is 1.35 bits per heavy atom. The van der Waals surface area contributed by atoms with Gasteiger partial charge < -0.3 is 9.52 Å². The van der Waals surface area contributed by atoms with Crippen molar-refractivity contribution >= 4 is 5.97 Å². The second-order valence-corrected chi connectivity index (χ2v) is 7.94. The van der Waals surface area contributed by atoms with Crippen LogP contribution in [0.5, 0.6) is 0 Å². The summed E-state index contributed by atoms with van der Waals surface area (Å²) >= 11 is 0. The lowest BCUT2D eigenvalue weighted by Crippen LogP contribution is -2.41. The highest BCUT2D eigenvalue weighted by molar-refractivity contribution is 5.79. The van der Waals surface area contributed by atoms with Gasteiger partial charge in [0.2, 0.25) is 0 Å². The van der Waals surface area contributed by atoms with Crippen molar-refractivity contribution in [1.82, 2.24) is 0 Å². The van der Waals surface area contributed by atoms with Gasteiger partial charge in [-0.05, 0) is 74.8 Å². The fourth-order valence-electron chi connectivity index (χ4n) is 4.76. The highest BCUT2D eigenvalue weighted by Gasteiger charge is 2.48. The van der Waals surface area contributed by atoms with E-state index in [1.165, 1.54) is 16.7 Å². The van der Waals surface area contributed by atoms with Gasteiger partial charge in [-0.25, -0.2) is 0 Å². The van der Waals surface area contributed by atoms with Crippen molar-refractivity contribution in [2.75, 3.05) is 0 Å². The average Bonchev–Trinajstić information content (AvgIpc) is 3.03. The summed E-state index contributed by atoms with van der Waals surface area (Å²) in [7, 11) is 0. The van der Waals surface area contributed by atoms with Crippen LogP contribution in [-0.2, 0) is 11.2 Å². The predicted molar refractivity (Wildman–Crippen MR) is 90.2 cm³/mol. The zero-order valence-corrected chi connectivity index (χ0v) is 14.5. The standard InChI is InChI=1S/C20H28O3/c1-14-6-7-17-16(5-4-10-20(17,3)18(21)22)19(14,2)11-8-15-9-12-23-13-15/h9,12-14H,4-8,10-11H2,1-3H3,(H,21,22)/t14-,19+,20-/m1/s1. The molecule has 3 rings (SSSR count). The number of rotatable bonds is 4. The van der Waals surface area contributed by atoms with Crippen LogP contribution in [-0.4, -0.2) is 11.1 Å². The van der Waals surface area contributed by atoms with Gasteiger partial charge in [0, 0.05) is 0 Å². The molecule has 2 aliphatic carbocycles. The van der Waals surface area contributed by atoms with E-state index in [4.69, 9.17) is 4.42 Å². The molecule has 1 heterocycles. The van der Waals surface area contributed by atoms with Crippen LogP contribution in [0.2, 0.25) is 0 Å². The molecule has 0 fully saturated rings. The maximum atomic E-state index is 11.9. The molecule has 0 aliphatic heterocycles. The minimum Gasteiger partial charge on any atom is -0.481 e. The van der Waals surface area contributed by atoms with E-state index in [1.54, 1.807) is 6.26 Å². The molecule has 3 heteroatoms. The number of carboxylic acid groups (broad SMARTS) is 1. The van der Waals surface area contributed by atoms with Crippen LogP contribution in [0.1, 0.15) is 64.9 Å². The number of carbonyl (C=O) groups is 1. The van der Waals surface area contributed by atoms with Gasteiger partial charge in [0.25, 0.3) is 0 Å². The quantitative estimate of drug-likeness (QED) is 0.775. The van der Waals surface area contributed by atoms with E-state index < -0.39 is 11.4 Å². The van der Waals surface area contributed by atoms with Crippen molar-refractivity contribution in [1.29, 1.82) is 0 Å². The number of aliphatic carboxylic acids is 1. The average molecular weight is 316 g/mol. The van der Waals surface area contributed by atoms with Gasteiger partial charge in [-0.2, -0.15) is 0 Å². The molecule has 0 spiro atoms. The van der Waals surface area contributed by atoms with E-state index in [0.717, 1.165) is 44.9 Å². The van der Waals surface area contributed by atoms with Gasteiger partial charge in [0.15, 0.2) is 0 Å².